The van der Waals surface area contributed by atoms with Crippen LogP contribution in [0.4, 0.5) is 0 Å². The average Bonchev–Trinajstić information content (AvgIpc) is 3.23. The second-order valence-electron chi connectivity index (χ2n) is 18.7. The lowest BCUT2D eigenvalue weighted by molar-refractivity contribution is -0.123. The fourth-order valence-electron chi connectivity index (χ4n) is 8.65. The number of nitrogens with one attached hydrogen (secondary N) is 1. The van der Waals surface area contributed by atoms with Gasteiger partial charge in [0.05, 0.1) is 18.8 Å². The first-order valence-corrected chi connectivity index (χ1v) is 26.9. The van der Waals surface area contributed by atoms with Crippen LogP contribution in [0.1, 0.15) is 309 Å². The van der Waals surface area contributed by atoms with Crippen molar-refractivity contribution < 1.29 is 15.0 Å². The highest BCUT2D eigenvalue weighted by Crippen LogP contribution is 2.18. The van der Waals surface area contributed by atoms with E-state index in [2.05, 4.69) is 19.2 Å². The van der Waals surface area contributed by atoms with E-state index in [-0.39, 0.29) is 12.5 Å². The first kappa shape index (κ1) is 57.1. The van der Waals surface area contributed by atoms with Gasteiger partial charge in [-0.1, -0.05) is 296 Å². The molecule has 0 radical (unpaired) electrons. The summed E-state index contributed by atoms with van der Waals surface area (Å²) in [5.41, 5.74) is 0. The van der Waals surface area contributed by atoms with Crippen LogP contribution in [0.3, 0.4) is 0 Å². The van der Waals surface area contributed by atoms with Crippen LogP contribution >= 0.6 is 0 Å². The molecule has 0 saturated carbocycles. The summed E-state index contributed by atoms with van der Waals surface area (Å²) in [4.78, 5) is 12.4. The van der Waals surface area contributed by atoms with Crippen molar-refractivity contribution in [2.45, 2.75) is 321 Å². The van der Waals surface area contributed by atoms with Crippen LogP contribution in [-0.2, 0) is 4.79 Å². The zero-order valence-corrected chi connectivity index (χ0v) is 39.8. The quantitative estimate of drug-likeness (QED) is 0.0423. The van der Waals surface area contributed by atoms with E-state index in [9.17, 15) is 15.0 Å². The Morgan fingerprint density at radius 2 is 0.638 bits per heavy atom. The van der Waals surface area contributed by atoms with Crippen molar-refractivity contribution in [2.75, 3.05) is 6.61 Å². The molecule has 0 heterocycles. The predicted molar refractivity (Wildman–Crippen MR) is 258 cm³/mol. The van der Waals surface area contributed by atoms with Crippen LogP contribution < -0.4 is 5.32 Å². The first-order chi connectivity index (χ1) is 28.7. The second kappa shape index (κ2) is 50.5. The molecule has 3 N–H and O–H groups in total. The summed E-state index contributed by atoms with van der Waals surface area (Å²) in [5, 5.41) is 23.0. The van der Waals surface area contributed by atoms with Gasteiger partial charge in [0.25, 0.3) is 0 Å². The van der Waals surface area contributed by atoms with Gasteiger partial charge >= 0.3 is 0 Å². The molecule has 0 spiro atoms. The molecule has 2 unspecified atom stereocenters. The molecular weight excluding hydrogens is 711 g/mol. The summed E-state index contributed by atoms with van der Waals surface area (Å²) in [6.07, 6.45) is 65.2. The topological polar surface area (TPSA) is 69.6 Å². The average molecular weight is 818 g/mol. The Morgan fingerprint density at radius 1 is 0.397 bits per heavy atom. The number of aliphatic hydroxyl groups excluding tert-OH is 2. The number of carbonyl (C=O) groups is 1. The van der Waals surface area contributed by atoms with Crippen LogP contribution in [0.25, 0.3) is 0 Å². The van der Waals surface area contributed by atoms with Crippen LogP contribution in [0.15, 0.2) is 12.2 Å². The summed E-state index contributed by atoms with van der Waals surface area (Å²) < 4.78 is 0. The van der Waals surface area contributed by atoms with E-state index in [1.54, 1.807) is 6.08 Å². The Morgan fingerprint density at radius 3 is 0.897 bits per heavy atom. The maximum atomic E-state index is 12.4. The van der Waals surface area contributed by atoms with E-state index < -0.39 is 12.1 Å². The standard InChI is InChI=1S/C54H107NO3/c1-3-5-7-9-11-13-15-17-18-19-20-21-22-23-24-25-26-27-28-29-30-31-32-33-34-35-36-37-38-40-42-44-46-48-50-54(58)55-52(51-56)53(57)49-47-45-43-41-39-16-14-12-10-8-6-4-2/h47,49,52-53,56-57H,3-46,48,50-51H2,1-2H3,(H,55,58)/b49-47+. The van der Waals surface area contributed by atoms with E-state index in [1.165, 1.54) is 263 Å². The Hall–Kier alpha value is -0.870. The molecule has 0 bridgehead atoms. The van der Waals surface area contributed by atoms with Gasteiger partial charge in [0.15, 0.2) is 0 Å². The number of hydrogen-bond donors (Lipinski definition) is 3. The maximum Gasteiger partial charge on any atom is 0.220 e. The van der Waals surface area contributed by atoms with Gasteiger partial charge in [-0.15, -0.1) is 0 Å². The first-order valence-electron chi connectivity index (χ1n) is 26.9. The molecule has 0 saturated heterocycles. The molecule has 0 aliphatic rings. The molecule has 1 amide bonds. The normalized spacial score (nSPS) is 12.8. The van der Waals surface area contributed by atoms with Gasteiger partial charge < -0.3 is 15.5 Å². The molecule has 0 aliphatic heterocycles. The minimum Gasteiger partial charge on any atom is -0.394 e. The number of carbonyl (C=O) groups excluding carboxylic acids is 1. The van der Waals surface area contributed by atoms with Gasteiger partial charge in [0.1, 0.15) is 0 Å². The number of hydrogen-bond acceptors (Lipinski definition) is 3. The van der Waals surface area contributed by atoms with Gasteiger partial charge in [-0.2, -0.15) is 0 Å². The molecule has 0 aromatic rings. The Bertz CT molecular complexity index is 799. The van der Waals surface area contributed by atoms with Crippen molar-refractivity contribution in [2.24, 2.45) is 0 Å². The lowest BCUT2D eigenvalue weighted by Crippen LogP contribution is -2.45. The molecule has 0 aliphatic carbocycles. The Kier molecular flexibility index (Phi) is 49.7. The Labute approximate surface area is 365 Å². The number of aliphatic hydroxyl groups is 2. The van der Waals surface area contributed by atoms with Crippen molar-refractivity contribution in [3.63, 3.8) is 0 Å². The number of unbranched alkanes of at least 4 members (excludes halogenated alkanes) is 43. The zero-order chi connectivity index (χ0) is 42.1. The van der Waals surface area contributed by atoms with Crippen molar-refractivity contribution in [1.29, 1.82) is 0 Å². The third kappa shape index (κ3) is 46.2. The van der Waals surface area contributed by atoms with E-state index in [1.807, 2.05) is 6.08 Å². The third-order valence-electron chi connectivity index (χ3n) is 12.8. The van der Waals surface area contributed by atoms with Crippen LogP contribution in [0.2, 0.25) is 0 Å². The van der Waals surface area contributed by atoms with E-state index in [4.69, 9.17) is 0 Å². The van der Waals surface area contributed by atoms with Crippen LogP contribution in [0, 0.1) is 0 Å². The fourth-order valence-corrected chi connectivity index (χ4v) is 8.65. The van der Waals surface area contributed by atoms with E-state index >= 15 is 0 Å². The van der Waals surface area contributed by atoms with Crippen molar-refractivity contribution >= 4 is 5.91 Å². The molecule has 0 aromatic carbocycles. The molecule has 0 aromatic heterocycles. The smallest absolute Gasteiger partial charge is 0.220 e. The fraction of sp³-hybridized carbons (Fsp3) is 0.944. The summed E-state index contributed by atoms with van der Waals surface area (Å²) in [6, 6.07) is -0.616. The highest BCUT2D eigenvalue weighted by atomic mass is 16.3. The van der Waals surface area contributed by atoms with E-state index in [0.717, 1.165) is 25.7 Å². The largest absolute Gasteiger partial charge is 0.394 e. The molecule has 346 valence electrons. The molecule has 58 heavy (non-hydrogen) atoms. The minimum atomic E-state index is -0.833. The highest BCUT2D eigenvalue weighted by Gasteiger charge is 2.18. The summed E-state index contributed by atoms with van der Waals surface area (Å²) in [6.45, 7) is 4.33. The van der Waals surface area contributed by atoms with Gasteiger partial charge in [-0.05, 0) is 19.3 Å². The SMILES string of the molecule is CCCCCCCCCCCC/C=C/C(O)C(CO)NC(=O)CCCCCCCCCCCCCCCCCCCCCCCCCCCCCCCCCCCC. The van der Waals surface area contributed by atoms with Crippen molar-refractivity contribution in [1.82, 2.24) is 5.32 Å². The highest BCUT2D eigenvalue weighted by molar-refractivity contribution is 5.76. The van der Waals surface area contributed by atoms with Gasteiger partial charge in [0, 0.05) is 6.42 Å². The summed E-state index contributed by atoms with van der Waals surface area (Å²) >= 11 is 0. The number of rotatable bonds is 50. The van der Waals surface area contributed by atoms with Gasteiger partial charge in [-0.3, -0.25) is 4.79 Å². The monoisotopic (exact) mass is 818 g/mol. The third-order valence-corrected chi connectivity index (χ3v) is 12.8. The number of amides is 1. The van der Waals surface area contributed by atoms with Crippen molar-refractivity contribution in [3.8, 4) is 0 Å². The molecule has 4 nitrogen and oxygen atoms in total. The predicted octanol–water partition coefficient (Wildman–Crippen LogP) is 17.4. The lowest BCUT2D eigenvalue weighted by Gasteiger charge is -2.20. The lowest BCUT2D eigenvalue weighted by atomic mass is 10.0. The molecule has 0 rings (SSSR count). The van der Waals surface area contributed by atoms with Gasteiger partial charge in [-0.25, -0.2) is 0 Å². The maximum absolute atomic E-state index is 12.4. The van der Waals surface area contributed by atoms with Crippen LogP contribution in [0.5, 0.6) is 0 Å². The molecule has 0 fully saturated rings. The summed E-state index contributed by atoms with van der Waals surface area (Å²) in [5.74, 6) is -0.0583. The molecule has 4 heteroatoms. The van der Waals surface area contributed by atoms with Gasteiger partial charge in [0.2, 0.25) is 5.91 Å². The molecule has 2 atom stereocenters. The zero-order valence-electron chi connectivity index (χ0n) is 39.8. The second-order valence-corrected chi connectivity index (χ2v) is 18.7. The van der Waals surface area contributed by atoms with Crippen LogP contribution in [-0.4, -0.2) is 34.9 Å². The number of allylic oxidation sites excluding steroid dienone is 1. The van der Waals surface area contributed by atoms with E-state index in [0.29, 0.717) is 6.42 Å². The molecular formula is C54H107NO3. The Balaban J connectivity index is 3.36. The minimum absolute atomic E-state index is 0.0583. The summed E-state index contributed by atoms with van der Waals surface area (Å²) in [7, 11) is 0. The van der Waals surface area contributed by atoms with Crippen molar-refractivity contribution in [3.05, 3.63) is 12.2 Å².